The Bertz CT molecular complexity index is 4540. The van der Waals surface area contributed by atoms with Crippen LogP contribution in [0.15, 0.2) is 71.5 Å². The zero-order valence-electron chi connectivity index (χ0n) is 59.0. The van der Waals surface area contributed by atoms with E-state index in [9.17, 15) is 45.6 Å². The van der Waals surface area contributed by atoms with Crippen molar-refractivity contribution in [1.82, 2.24) is 60.4 Å². The lowest BCUT2D eigenvalue weighted by molar-refractivity contribution is -0.130. The van der Waals surface area contributed by atoms with Crippen molar-refractivity contribution >= 4 is 100 Å². The highest BCUT2D eigenvalue weighted by Crippen LogP contribution is 2.49. The Morgan fingerprint density at radius 1 is 0.631 bits per heavy atom. The minimum Gasteiger partial charge on any atom is -0.494 e. The molecule has 26 nitrogen and oxygen atoms in total. The number of hydrogen-bond donors (Lipinski definition) is 6. The largest absolute Gasteiger partial charge is 0.494 e. The van der Waals surface area contributed by atoms with Crippen molar-refractivity contribution in [3.8, 4) is 44.4 Å². The van der Waals surface area contributed by atoms with E-state index in [1.165, 1.54) is 58.8 Å². The van der Waals surface area contributed by atoms with Crippen LogP contribution >= 0.6 is 22.7 Å². The molecule has 6 N–H and O–H groups in total. The fraction of sp³-hybridized carbons (Fsp3) is 0.521. The van der Waals surface area contributed by atoms with E-state index < -0.39 is 112 Å². The molecular weight excluding hydrogens is 1410 g/mol. The van der Waals surface area contributed by atoms with E-state index in [-0.39, 0.29) is 84.8 Å². The molecule has 0 bridgehead atoms. The van der Waals surface area contributed by atoms with Gasteiger partial charge >= 0.3 is 12.1 Å². The maximum absolute atomic E-state index is 15.6. The van der Waals surface area contributed by atoms with E-state index in [0.29, 0.717) is 83.8 Å². The Hall–Kier alpha value is -8.62. The van der Waals surface area contributed by atoms with Crippen LogP contribution in [0.3, 0.4) is 0 Å². The molecular formula is C71H88F2N12O14S4. The van der Waals surface area contributed by atoms with Crippen LogP contribution in [0.4, 0.5) is 18.4 Å². The molecule has 0 radical (unpaired) electrons. The summed E-state index contributed by atoms with van der Waals surface area (Å²) in [7, 11) is -1.84. The van der Waals surface area contributed by atoms with Crippen molar-refractivity contribution in [3.63, 3.8) is 0 Å². The van der Waals surface area contributed by atoms with Crippen molar-refractivity contribution < 1.29 is 73.3 Å². The number of sulfonamides is 2. The minimum atomic E-state index is -3.97. The van der Waals surface area contributed by atoms with E-state index in [1.54, 1.807) is 45.3 Å². The molecule has 6 aliphatic rings. The summed E-state index contributed by atoms with van der Waals surface area (Å²) in [6.07, 6.45) is 14.2. The Kier molecular flexibility index (Phi) is 22.7. The number of halogens is 2. The van der Waals surface area contributed by atoms with Crippen LogP contribution < -0.4 is 49.7 Å². The number of amides is 8. The van der Waals surface area contributed by atoms with Gasteiger partial charge in [-0.1, -0.05) is 52.0 Å². The molecule has 6 atom stereocenters. The molecule has 6 heterocycles. The highest BCUT2D eigenvalue weighted by atomic mass is 32.2. The van der Waals surface area contributed by atoms with Crippen molar-refractivity contribution in [2.45, 2.75) is 170 Å². The summed E-state index contributed by atoms with van der Waals surface area (Å²) in [5, 5.41) is 16.3. The van der Waals surface area contributed by atoms with Gasteiger partial charge in [0.1, 0.15) is 67.1 Å². The summed E-state index contributed by atoms with van der Waals surface area (Å²) in [6.45, 7) is 10.4. The fourth-order valence-corrected chi connectivity index (χ4v) is 16.7. The molecule has 0 saturated heterocycles. The maximum Gasteiger partial charge on any atom is 0.317 e. The Morgan fingerprint density at radius 3 is 1.45 bits per heavy atom. The van der Waals surface area contributed by atoms with Crippen molar-refractivity contribution in [1.29, 1.82) is 0 Å². The van der Waals surface area contributed by atoms with Crippen LogP contribution in [0.25, 0.3) is 43.2 Å². The Balaban J connectivity index is 0.000000207. The highest BCUT2D eigenvalue weighted by Gasteiger charge is 2.63. The zero-order valence-corrected chi connectivity index (χ0v) is 62.3. The first kappa shape index (κ1) is 75.5. The first-order chi connectivity index (χ1) is 49.0. The van der Waals surface area contributed by atoms with Crippen molar-refractivity contribution in [2.24, 2.45) is 11.8 Å². The molecule has 554 valence electrons. The smallest absolute Gasteiger partial charge is 0.317 e. The van der Waals surface area contributed by atoms with Gasteiger partial charge in [0.25, 0.3) is 11.8 Å². The van der Waals surface area contributed by atoms with Crippen molar-refractivity contribution in [2.75, 3.05) is 54.6 Å². The molecule has 4 aromatic heterocycles. The lowest BCUT2D eigenvalue weighted by Gasteiger charge is -2.26. The van der Waals surface area contributed by atoms with Gasteiger partial charge in [0, 0.05) is 85.5 Å². The number of rotatable bonds is 20. The molecule has 6 aromatic rings. The number of methoxy groups -OCH3 is 2. The summed E-state index contributed by atoms with van der Waals surface area (Å²) < 4.78 is 109. The third-order valence-corrected chi connectivity index (χ3v) is 25.3. The van der Waals surface area contributed by atoms with Crippen LogP contribution in [-0.4, -0.2) is 170 Å². The molecule has 4 saturated carbocycles. The minimum absolute atomic E-state index is 0.0126. The van der Waals surface area contributed by atoms with Gasteiger partial charge in [0.05, 0.1) is 48.8 Å². The number of thiazole rings is 2. The maximum atomic E-state index is 15.6. The van der Waals surface area contributed by atoms with Crippen molar-refractivity contribution in [3.05, 3.63) is 94.5 Å². The standard InChI is InChI=1S/C36H45FN6O7S2.C35H43FN6O7S2/c1-21(2)26-20-51-32(39-26)25-18-28(23-11-12-27(49-5)29(37)30(23)38-25)50-17-13-24-31(44)41-36(33(45)42-52(47,48)35(3)14-15-35)19-22(36)10-8-6-7-9-16-43(4)34(46)40-24;1-20(2)26-19-50-32(38-26)25-17-28(23-12-13-27(48-4)29(36)30(23)37-25)49-16-14-24-31(43)40-35(33(44)41-51(46,47)22-10-11-22)18-21(35)9-7-5-6-8-15-42(3)34(45)39-24/h8,10-12,18,20-22,24H,6-7,9,13-17,19H2,1-5H3,(H,40,46)(H,41,44)(H,42,45);7,9,12-13,17,19-22,24H,5-6,8,10-11,14-16,18H2,1-4H3,(H,39,45)(H,40,43)(H,41,44)/b10-8-;9-7-/t;21-,24+,35-/m.1/s1. The normalized spacial score (nSPS) is 23.7. The average Bonchev–Trinajstić information content (AvgIpc) is 1.59. The number of urea groups is 2. The van der Waals surface area contributed by atoms with Gasteiger partial charge in [-0.3, -0.25) is 28.6 Å². The molecule has 12 rings (SSSR count). The van der Waals surface area contributed by atoms with Crippen LogP contribution in [0.2, 0.25) is 0 Å². The molecule has 4 fully saturated rings. The second-order valence-corrected chi connectivity index (χ2v) is 33.9. The van der Waals surface area contributed by atoms with Crippen LogP contribution in [-0.2, 0) is 39.2 Å². The number of fused-ring (bicyclic) bond motifs is 4. The number of carbonyl (C=O) groups is 6. The van der Waals surface area contributed by atoms with Gasteiger partial charge < -0.3 is 50.0 Å². The Morgan fingerprint density at radius 2 is 1.06 bits per heavy atom. The number of allylic oxidation sites excluding steroid dienone is 2. The third-order valence-electron chi connectivity index (χ3n) is 19.6. The topological polar surface area (TPSA) is 338 Å². The molecule has 2 aliphatic heterocycles. The van der Waals surface area contributed by atoms with E-state index in [0.717, 1.165) is 37.1 Å². The number of hydrogen-bond acceptors (Lipinski definition) is 20. The third kappa shape index (κ3) is 17.0. The van der Waals surface area contributed by atoms with E-state index in [4.69, 9.17) is 18.9 Å². The predicted molar refractivity (Wildman–Crippen MR) is 386 cm³/mol. The summed E-state index contributed by atoms with van der Waals surface area (Å²) in [4.78, 5) is 103. The van der Waals surface area contributed by atoms with Gasteiger partial charge in [-0.15, -0.1) is 22.7 Å². The average molecular weight is 1500 g/mol. The number of carbonyl (C=O) groups excluding carboxylic acids is 6. The number of nitrogens with zero attached hydrogens (tertiary/aromatic N) is 6. The SMILES string of the molecule is COc1ccc2c(OCCC3NC(=O)N(C)CCCC/C=C\C4CC4(C(=O)NS(=O)(=O)C4(C)CC4)NC3=O)cc(-c3nc(C(C)C)cs3)nc2c1F.COc1ccc2c(OCC[C@@H]3NC(=O)N(C)CCCC/C=C\[C@@H]4C[C@@]4(C(=O)NS(=O)(=O)C4CC4)NC3=O)cc(-c3nc(C(C)C)cs3)nc2c1F. The summed E-state index contributed by atoms with van der Waals surface area (Å²) in [5.74, 6) is -4.12. The lowest BCUT2D eigenvalue weighted by atomic mass is 10.1. The summed E-state index contributed by atoms with van der Waals surface area (Å²) in [6, 6.07) is 6.25. The monoisotopic (exact) mass is 1500 g/mol. The van der Waals surface area contributed by atoms with E-state index >= 15 is 8.78 Å². The zero-order chi connectivity index (χ0) is 73.9. The molecule has 2 aromatic carbocycles. The van der Waals surface area contributed by atoms with E-state index in [1.807, 2.05) is 62.8 Å². The van der Waals surface area contributed by atoms with Gasteiger partial charge in [0.15, 0.2) is 23.1 Å². The lowest BCUT2D eigenvalue weighted by Crippen LogP contribution is -2.58. The molecule has 103 heavy (non-hydrogen) atoms. The summed E-state index contributed by atoms with van der Waals surface area (Å²) >= 11 is 2.75. The first-order valence-corrected chi connectivity index (χ1v) is 39.4. The fourth-order valence-electron chi connectivity index (χ4n) is 12.1. The predicted octanol–water partition coefficient (Wildman–Crippen LogP) is 9.65. The quantitative estimate of drug-likeness (QED) is 0.0387. The van der Waals surface area contributed by atoms with Gasteiger partial charge in [0.2, 0.25) is 31.9 Å². The molecule has 4 aliphatic carbocycles. The number of nitrogens with one attached hydrogen (secondary N) is 6. The second kappa shape index (κ2) is 31.0. The highest BCUT2D eigenvalue weighted by molar-refractivity contribution is 7.91. The number of aromatic nitrogens is 4. The van der Waals surface area contributed by atoms with Gasteiger partial charge in [-0.2, -0.15) is 0 Å². The molecule has 32 heteroatoms. The Labute approximate surface area is 605 Å². The van der Waals surface area contributed by atoms with E-state index in [2.05, 4.69) is 50.6 Å². The van der Waals surface area contributed by atoms with Gasteiger partial charge in [-0.05, 0) is 120 Å². The second-order valence-electron chi connectivity index (χ2n) is 28.0. The van der Waals surface area contributed by atoms with Crippen LogP contribution in [0.1, 0.15) is 148 Å². The van der Waals surface area contributed by atoms with Gasteiger partial charge in [-0.25, -0.2) is 55.1 Å². The number of benzene rings is 2. The molecule has 0 spiro atoms. The number of ether oxygens (including phenoxy) is 4. The summed E-state index contributed by atoms with van der Waals surface area (Å²) in [5.41, 5.74) is -0.398. The van der Waals surface area contributed by atoms with Crippen LogP contribution in [0.5, 0.6) is 23.0 Å². The number of pyridine rings is 2. The van der Waals surface area contributed by atoms with Crippen LogP contribution in [0, 0.1) is 23.5 Å². The first-order valence-electron chi connectivity index (χ1n) is 34.7. The molecule has 8 amide bonds. The molecule has 3 unspecified atom stereocenters.